The van der Waals surface area contributed by atoms with E-state index in [-0.39, 0.29) is 0 Å². The maximum absolute atomic E-state index is 4.17. The van der Waals surface area contributed by atoms with Crippen LogP contribution >= 0.6 is 0 Å². The minimum atomic E-state index is 0.598. The molecule has 0 aromatic carbocycles. The number of pyridine rings is 1. The lowest BCUT2D eigenvalue weighted by atomic mass is 10.0. The van der Waals surface area contributed by atoms with Gasteiger partial charge in [-0.3, -0.25) is 4.98 Å². The zero-order valence-corrected chi connectivity index (χ0v) is 11.3. The molecule has 0 radical (unpaired) electrons. The molecule has 0 saturated heterocycles. The molecular formula is C15H26N2. The van der Waals surface area contributed by atoms with E-state index in [1.165, 1.54) is 44.1 Å². The highest BCUT2D eigenvalue weighted by molar-refractivity contribution is 5.10. The van der Waals surface area contributed by atoms with Crippen molar-refractivity contribution < 1.29 is 0 Å². The average Bonchev–Trinajstić information content (AvgIpc) is 2.38. The Kier molecular flexibility index (Phi) is 7.65. The van der Waals surface area contributed by atoms with Gasteiger partial charge >= 0.3 is 0 Å². The smallest absolute Gasteiger partial charge is 0.0300 e. The molecule has 1 atom stereocenters. The summed E-state index contributed by atoms with van der Waals surface area (Å²) in [5.41, 5.74) is 1.33. The summed E-state index contributed by atoms with van der Waals surface area (Å²) in [6, 6.07) is 4.78. The second-order valence-corrected chi connectivity index (χ2v) is 4.75. The predicted octanol–water partition coefficient (Wildman–Crippen LogP) is 3.57. The van der Waals surface area contributed by atoms with Gasteiger partial charge in [-0.05, 0) is 31.5 Å². The van der Waals surface area contributed by atoms with Gasteiger partial charge in [-0.15, -0.1) is 0 Å². The van der Waals surface area contributed by atoms with Gasteiger partial charge in [-0.25, -0.2) is 0 Å². The van der Waals surface area contributed by atoms with Crippen LogP contribution in [0, 0.1) is 0 Å². The van der Waals surface area contributed by atoms with Crippen molar-refractivity contribution in [2.45, 2.75) is 57.9 Å². The summed E-state index contributed by atoms with van der Waals surface area (Å²) in [6.45, 7) is 2.26. The average molecular weight is 234 g/mol. The number of hydrogen-bond acceptors (Lipinski definition) is 2. The molecule has 0 spiro atoms. The maximum Gasteiger partial charge on any atom is 0.0300 e. The van der Waals surface area contributed by atoms with E-state index >= 15 is 0 Å². The third-order valence-corrected chi connectivity index (χ3v) is 3.27. The fourth-order valence-corrected chi connectivity index (χ4v) is 2.15. The summed E-state index contributed by atoms with van der Waals surface area (Å²) in [4.78, 5) is 4.17. The van der Waals surface area contributed by atoms with Crippen molar-refractivity contribution in [2.75, 3.05) is 7.05 Å². The van der Waals surface area contributed by atoms with Crippen LogP contribution in [0.2, 0.25) is 0 Å². The van der Waals surface area contributed by atoms with E-state index in [2.05, 4.69) is 30.3 Å². The lowest BCUT2D eigenvalue weighted by Gasteiger charge is -2.15. The molecule has 1 N–H and O–H groups in total. The normalized spacial score (nSPS) is 12.6. The van der Waals surface area contributed by atoms with Gasteiger partial charge in [0.05, 0.1) is 0 Å². The number of aromatic nitrogens is 1. The van der Waals surface area contributed by atoms with Gasteiger partial charge in [-0.2, -0.15) is 0 Å². The molecule has 0 bridgehead atoms. The van der Waals surface area contributed by atoms with Crippen molar-refractivity contribution in [3.05, 3.63) is 30.1 Å². The standard InChI is InChI=1S/C15H26N2/c1-3-4-5-6-7-10-15(16-2)12-14-9-8-11-17-13-14/h8-9,11,13,15-16H,3-7,10,12H2,1-2H3. The van der Waals surface area contributed by atoms with Crippen LogP contribution < -0.4 is 5.32 Å². The molecule has 17 heavy (non-hydrogen) atoms. The Hall–Kier alpha value is -0.890. The number of unbranched alkanes of at least 4 members (excludes halogenated alkanes) is 4. The fourth-order valence-electron chi connectivity index (χ4n) is 2.15. The van der Waals surface area contributed by atoms with E-state index in [9.17, 15) is 0 Å². The highest BCUT2D eigenvalue weighted by Gasteiger charge is 2.06. The quantitative estimate of drug-likeness (QED) is 0.661. The highest BCUT2D eigenvalue weighted by Crippen LogP contribution is 2.10. The molecule has 0 saturated carbocycles. The number of nitrogens with one attached hydrogen (secondary N) is 1. The summed E-state index contributed by atoms with van der Waals surface area (Å²) in [5, 5.41) is 3.41. The first-order chi connectivity index (χ1) is 8.36. The van der Waals surface area contributed by atoms with Gasteiger partial charge in [-0.1, -0.05) is 45.1 Å². The van der Waals surface area contributed by atoms with Crippen molar-refractivity contribution in [2.24, 2.45) is 0 Å². The van der Waals surface area contributed by atoms with Crippen LogP contribution in [0.1, 0.15) is 51.0 Å². The molecule has 1 aromatic rings. The highest BCUT2D eigenvalue weighted by atomic mass is 14.9. The monoisotopic (exact) mass is 234 g/mol. The van der Waals surface area contributed by atoms with Crippen LogP contribution in [0.5, 0.6) is 0 Å². The molecule has 0 aliphatic carbocycles. The maximum atomic E-state index is 4.17. The van der Waals surface area contributed by atoms with Crippen LogP contribution in [0.4, 0.5) is 0 Å². The van der Waals surface area contributed by atoms with Gasteiger partial charge in [0.25, 0.3) is 0 Å². The predicted molar refractivity (Wildman–Crippen MR) is 74.2 cm³/mol. The Labute approximate surface area is 106 Å². The lowest BCUT2D eigenvalue weighted by Crippen LogP contribution is -2.27. The minimum Gasteiger partial charge on any atom is -0.317 e. The Bertz CT molecular complexity index is 272. The zero-order chi connectivity index (χ0) is 12.3. The number of likely N-dealkylation sites (N-methyl/N-ethyl adjacent to an activating group) is 1. The summed E-state index contributed by atoms with van der Waals surface area (Å²) in [5.74, 6) is 0. The van der Waals surface area contributed by atoms with Crippen LogP contribution in [-0.4, -0.2) is 18.1 Å². The minimum absolute atomic E-state index is 0.598. The molecule has 2 nitrogen and oxygen atoms in total. The summed E-state index contributed by atoms with van der Waals surface area (Å²) < 4.78 is 0. The van der Waals surface area contributed by atoms with E-state index < -0.39 is 0 Å². The number of rotatable bonds is 9. The van der Waals surface area contributed by atoms with Crippen molar-refractivity contribution >= 4 is 0 Å². The molecule has 0 fully saturated rings. The molecule has 1 rings (SSSR count). The molecule has 0 aliphatic heterocycles. The second-order valence-electron chi connectivity index (χ2n) is 4.75. The van der Waals surface area contributed by atoms with Crippen molar-refractivity contribution in [3.8, 4) is 0 Å². The van der Waals surface area contributed by atoms with Crippen LogP contribution in [-0.2, 0) is 6.42 Å². The van der Waals surface area contributed by atoms with E-state index in [0.717, 1.165) is 6.42 Å². The Balaban J connectivity index is 2.20. The Morgan fingerprint density at radius 1 is 1.24 bits per heavy atom. The molecule has 1 aromatic heterocycles. The molecule has 0 amide bonds. The van der Waals surface area contributed by atoms with E-state index in [1.54, 1.807) is 0 Å². The second kappa shape index (κ2) is 9.17. The van der Waals surface area contributed by atoms with E-state index in [0.29, 0.717) is 6.04 Å². The first kappa shape index (κ1) is 14.2. The van der Waals surface area contributed by atoms with Crippen molar-refractivity contribution in [1.29, 1.82) is 0 Å². The van der Waals surface area contributed by atoms with Crippen molar-refractivity contribution in [1.82, 2.24) is 10.3 Å². The topological polar surface area (TPSA) is 24.9 Å². The van der Waals surface area contributed by atoms with Gasteiger partial charge < -0.3 is 5.32 Å². The van der Waals surface area contributed by atoms with Crippen molar-refractivity contribution in [3.63, 3.8) is 0 Å². The van der Waals surface area contributed by atoms with Gasteiger partial charge in [0.1, 0.15) is 0 Å². The molecule has 1 unspecified atom stereocenters. The molecule has 1 heterocycles. The fraction of sp³-hybridized carbons (Fsp3) is 0.667. The molecule has 2 heteroatoms. The molecule has 0 aliphatic rings. The third-order valence-electron chi connectivity index (χ3n) is 3.27. The summed E-state index contributed by atoms with van der Waals surface area (Å²) >= 11 is 0. The summed E-state index contributed by atoms with van der Waals surface area (Å²) in [6.07, 6.45) is 13.0. The Morgan fingerprint density at radius 2 is 2.06 bits per heavy atom. The first-order valence-electron chi connectivity index (χ1n) is 6.93. The Morgan fingerprint density at radius 3 is 2.71 bits per heavy atom. The lowest BCUT2D eigenvalue weighted by molar-refractivity contribution is 0.481. The van der Waals surface area contributed by atoms with Gasteiger partial charge in [0, 0.05) is 18.4 Å². The largest absolute Gasteiger partial charge is 0.317 e. The first-order valence-corrected chi connectivity index (χ1v) is 6.93. The molecular weight excluding hydrogens is 208 g/mol. The van der Waals surface area contributed by atoms with Gasteiger partial charge in [0.2, 0.25) is 0 Å². The van der Waals surface area contributed by atoms with Gasteiger partial charge in [0.15, 0.2) is 0 Å². The van der Waals surface area contributed by atoms with E-state index in [1.807, 2.05) is 18.5 Å². The third kappa shape index (κ3) is 6.42. The molecule has 96 valence electrons. The summed E-state index contributed by atoms with van der Waals surface area (Å²) in [7, 11) is 2.06. The zero-order valence-electron chi connectivity index (χ0n) is 11.3. The van der Waals surface area contributed by atoms with E-state index in [4.69, 9.17) is 0 Å². The number of hydrogen-bond donors (Lipinski definition) is 1. The van der Waals surface area contributed by atoms with Crippen LogP contribution in [0.15, 0.2) is 24.5 Å². The number of nitrogens with zero attached hydrogens (tertiary/aromatic N) is 1. The van der Waals surface area contributed by atoms with Crippen LogP contribution in [0.3, 0.4) is 0 Å². The van der Waals surface area contributed by atoms with Crippen LogP contribution in [0.25, 0.3) is 0 Å². The SMILES string of the molecule is CCCCCCCC(Cc1cccnc1)NC.